The summed E-state index contributed by atoms with van der Waals surface area (Å²) in [5.41, 5.74) is 4.00. The second kappa shape index (κ2) is 8.50. The van der Waals surface area contributed by atoms with E-state index in [4.69, 9.17) is 11.6 Å². The summed E-state index contributed by atoms with van der Waals surface area (Å²) in [5.74, 6) is -0.607. The summed E-state index contributed by atoms with van der Waals surface area (Å²) in [6, 6.07) is 22.5. The first-order valence-electron chi connectivity index (χ1n) is 9.70. The van der Waals surface area contributed by atoms with Crippen LogP contribution in [0.1, 0.15) is 23.6 Å². The molecule has 3 aromatic rings. The van der Waals surface area contributed by atoms with Crippen molar-refractivity contribution in [2.75, 3.05) is 4.90 Å². The number of rotatable bonds is 5. The van der Waals surface area contributed by atoms with Crippen molar-refractivity contribution in [1.29, 1.82) is 0 Å². The number of benzene rings is 3. The van der Waals surface area contributed by atoms with E-state index in [1.165, 1.54) is 16.7 Å². The molecular weight excluding hydrogens is 414 g/mol. The number of amides is 2. The molecule has 4 rings (SSSR count). The van der Waals surface area contributed by atoms with Crippen LogP contribution < -0.4 is 4.90 Å². The van der Waals surface area contributed by atoms with Gasteiger partial charge in [0, 0.05) is 9.92 Å². The van der Waals surface area contributed by atoms with Crippen LogP contribution in [-0.2, 0) is 16.0 Å². The van der Waals surface area contributed by atoms with Crippen molar-refractivity contribution in [3.63, 3.8) is 0 Å². The lowest BCUT2D eigenvalue weighted by atomic mass is 10.0. The van der Waals surface area contributed by atoms with Crippen LogP contribution in [0.4, 0.5) is 5.69 Å². The molecule has 0 fully saturated rings. The molecule has 0 saturated heterocycles. The molecule has 0 N–H and O–H groups in total. The summed E-state index contributed by atoms with van der Waals surface area (Å²) in [7, 11) is 0. The van der Waals surface area contributed by atoms with Crippen molar-refractivity contribution < 1.29 is 9.59 Å². The number of hydrogen-bond donors (Lipinski definition) is 0. The highest BCUT2D eigenvalue weighted by Gasteiger charge is 2.40. The number of hydrogen-bond acceptors (Lipinski definition) is 3. The van der Waals surface area contributed by atoms with Crippen molar-refractivity contribution >= 4 is 46.4 Å². The molecule has 30 heavy (non-hydrogen) atoms. The lowest BCUT2D eigenvalue weighted by molar-refractivity contribution is -0.119. The van der Waals surface area contributed by atoms with Crippen LogP contribution in [0.3, 0.4) is 0 Å². The van der Waals surface area contributed by atoms with Gasteiger partial charge in [0.15, 0.2) is 0 Å². The highest BCUT2D eigenvalue weighted by Crippen LogP contribution is 2.41. The third-order valence-corrected chi connectivity index (χ3v) is 6.36. The Kier molecular flexibility index (Phi) is 5.80. The number of thioether (sulfide) groups is 1. The highest BCUT2D eigenvalue weighted by molar-refractivity contribution is 8.04. The van der Waals surface area contributed by atoms with Gasteiger partial charge >= 0.3 is 0 Å². The maximum Gasteiger partial charge on any atom is 0.272 e. The zero-order valence-electron chi connectivity index (χ0n) is 16.7. The SMILES string of the molecule is CCc1ccc(N2C(=O)C(Sc3ccc(Cl)cc3)=C(c3ccc(C)cc3)C2=O)cc1. The molecule has 150 valence electrons. The van der Waals surface area contributed by atoms with Gasteiger partial charge in [-0.3, -0.25) is 9.59 Å². The van der Waals surface area contributed by atoms with E-state index < -0.39 is 0 Å². The smallest absolute Gasteiger partial charge is 0.268 e. The largest absolute Gasteiger partial charge is 0.272 e. The first-order valence-corrected chi connectivity index (χ1v) is 10.9. The number of aryl methyl sites for hydroxylation is 2. The van der Waals surface area contributed by atoms with Gasteiger partial charge in [0.25, 0.3) is 11.8 Å². The minimum absolute atomic E-state index is 0.301. The zero-order chi connectivity index (χ0) is 21.3. The maximum atomic E-state index is 13.4. The van der Waals surface area contributed by atoms with E-state index >= 15 is 0 Å². The van der Waals surface area contributed by atoms with E-state index in [0.29, 0.717) is 21.2 Å². The molecule has 3 aromatic carbocycles. The third-order valence-electron chi connectivity index (χ3n) is 5.02. The molecule has 5 heteroatoms. The molecule has 0 spiro atoms. The number of imide groups is 1. The Labute approximate surface area is 185 Å². The molecule has 3 nitrogen and oxygen atoms in total. The summed E-state index contributed by atoms with van der Waals surface area (Å²) < 4.78 is 0. The van der Waals surface area contributed by atoms with Gasteiger partial charge in [0.1, 0.15) is 0 Å². The lowest BCUT2D eigenvalue weighted by Gasteiger charge is -2.15. The Morgan fingerprint density at radius 1 is 0.833 bits per heavy atom. The van der Waals surface area contributed by atoms with E-state index in [9.17, 15) is 9.59 Å². The quantitative estimate of drug-likeness (QED) is 0.444. The van der Waals surface area contributed by atoms with Crippen LogP contribution >= 0.6 is 23.4 Å². The van der Waals surface area contributed by atoms with Crippen LogP contribution in [0.2, 0.25) is 5.02 Å². The fourth-order valence-electron chi connectivity index (χ4n) is 3.31. The first-order chi connectivity index (χ1) is 14.5. The second-order valence-electron chi connectivity index (χ2n) is 7.09. The van der Waals surface area contributed by atoms with E-state index in [2.05, 4.69) is 6.92 Å². The van der Waals surface area contributed by atoms with E-state index in [1.807, 2.05) is 67.6 Å². The van der Waals surface area contributed by atoms with Gasteiger partial charge in [0.2, 0.25) is 0 Å². The van der Waals surface area contributed by atoms with Gasteiger partial charge in [-0.25, -0.2) is 4.90 Å². The van der Waals surface area contributed by atoms with Crippen molar-refractivity contribution in [2.45, 2.75) is 25.2 Å². The van der Waals surface area contributed by atoms with Crippen molar-refractivity contribution in [3.05, 3.63) is 99.4 Å². The fourth-order valence-corrected chi connectivity index (χ4v) is 4.43. The first kappa shape index (κ1) is 20.5. The third kappa shape index (κ3) is 3.93. The van der Waals surface area contributed by atoms with Crippen molar-refractivity contribution in [2.24, 2.45) is 0 Å². The normalized spacial score (nSPS) is 14.0. The van der Waals surface area contributed by atoms with Gasteiger partial charge < -0.3 is 0 Å². The van der Waals surface area contributed by atoms with E-state index in [0.717, 1.165) is 28.0 Å². The molecule has 0 bridgehead atoms. The molecular formula is C25H20ClNO2S. The van der Waals surface area contributed by atoms with Crippen LogP contribution in [-0.4, -0.2) is 11.8 Å². The van der Waals surface area contributed by atoms with Gasteiger partial charge in [-0.15, -0.1) is 0 Å². The Bertz CT molecular complexity index is 1130. The average molecular weight is 434 g/mol. The summed E-state index contributed by atoms with van der Waals surface area (Å²) in [6.07, 6.45) is 0.896. The fraction of sp³-hybridized carbons (Fsp3) is 0.120. The second-order valence-corrected chi connectivity index (χ2v) is 8.61. The van der Waals surface area contributed by atoms with E-state index in [-0.39, 0.29) is 11.8 Å². The monoisotopic (exact) mass is 433 g/mol. The lowest BCUT2D eigenvalue weighted by Crippen LogP contribution is -2.31. The molecule has 1 heterocycles. The number of anilines is 1. The molecule has 2 amide bonds. The standard InChI is InChI=1S/C25H20ClNO2S/c1-3-17-6-12-20(13-7-17)27-24(28)22(18-8-4-16(2)5-9-18)23(25(27)29)30-21-14-10-19(26)11-15-21/h4-15H,3H2,1-2H3. The summed E-state index contributed by atoms with van der Waals surface area (Å²) in [5, 5.41) is 0.624. The molecule has 0 atom stereocenters. The molecule has 1 aliphatic rings. The van der Waals surface area contributed by atoms with Gasteiger partial charge in [0.05, 0.1) is 16.2 Å². The maximum absolute atomic E-state index is 13.4. The Morgan fingerprint density at radius 2 is 1.47 bits per heavy atom. The Morgan fingerprint density at radius 3 is 2.07 bits per heavy atom. The molecule has 0 aliphatic carbocycles. The summed E-state index contributed by atoms with van der Waals surface area (Å²) in [4.78, 5) is 29.4. The molecule has 0 unspecified atom stereocenters. The van der Waals surface area contributed by atoms with Crippen LogP contribution in [0, 0.1) is 6.92 Å². The van der Waals surface area contributed by atoms with E-state index in [1.54, 1.807) is 12.1 Å². The van der Waals surface area contributed by atoms with Crippen LogP contribution in [0.5, 0.6) is 0 Å². The number of carbonyl (C=O) groups is 2. The zero-order valence-corrected chi connectivity index (χ0v) is 18.3. The minimum atomic E-state index is -0.306. The number of halogens is 1. The van der Waals surface area contributed by atoms with Gasteiger partial charge in [-0.1, -0.05) is 72.2 Å². The van der Waals surface area contributed by atoms with Gasteiger partial charge in [-0.2, -0.15) is 0 Å². The van der Waals surface area contributed by atoms with Crippen LogP contribution in [0.15, 0.2) is 82.6 Å². The minimum Gasteiger partial charge on any atom is -0.268 e. The summed E-state index contributed by atoms with van der Waals surface area (Å²) in [6.45, 7) is 4.06. The topological polar surface area (TPSA) is 37.4 Å². The average Bonchev–Trinajstić information content (AvgIpc) is 3.00. The number of nitrogens with zero attached hydrogens (tertiary/aromatic N) is 1. The molecule has 0 radical (unpaired) electrons. The van der Waals surface area contributed by atoms with Crippen molar-refractivity contribution in [3.8, 4) is 0 Å². The highest BCUT2D eigenvalue weighted by atomic mass is 35.5. The molecule has 1 aliphatic heterocycles. The molecule has 0 aromatic heterocycles. The van der Waals surface area contributed by atoms with Gasteiger partial charge in [-0.05, 0) is 60.9 Å². The molecule has 0 saturated carbocycles. The predicted molar refractivity (Wildman–Crippen MR) is 124 cm³/mol. The summed E-state index contributed by atoms with van der Waals surface area (Å²) >= 11 is 7.29. The Balaban J connectivity index is 1.78. The number of carbonyl (C=O) groups excluding carboxylic acids is 2. The van der Waals surface area contributed by atoms with Crippen molar-refractivity contribution in [1.82, 2.24) is 0 Å². The van der Waals surface area contributed by atoms with Crippen LogP contribution in [0.25, 0.3) is 5.57 Å². The Hall–Kier alpha value is -2.82. The predicted octanol–water partition coefficient (Wildman–Crippen LogP) is 6.29.